The first-order chi connectivity index (χ1) is 10.2. The molecule has 2 aromatic rings. The Balaban J connectivity index is 2.47. The normalized spacial score (nSPS) is 12.3. The maximum absolute atomic E-state index is 6.08. The fourth-order valence-corrected chi connectivity index (χ4v) is 2.32. The van der Waals surface area contributed by atoms with Crippen molar-refractivity contribution < 1.29 is 4.74 Å². The molecule has 112 valence electrons. The molecule has 0 amide bonds. The van der Waals surface area contributed by atoms with Gasteiger partial charge in [-0.05, 0) is 20.3 Å². The van der Waals surface area contributed by atoms with Crippen molar-refractivity contribution in [3.05, 3.63) is 41.7 Å². The van der Waals surface area contributed by atoms with Crippen LogP contribution in [0, 0.1) is 6.92 Å². The van der Waals surface area contributed by atoms with Crippen LogP contribution < -0.4 is 5.73 Å². The average molecular weight is 285 g/mol. The van der Waals surface area contributed by atoms with Crippen LogP contribution in [0.5, 0.6) is 0 Å². The molecule has 2 rings (SSSR count). The average Bonchev–Trinajstić information content (AvgIpc) is 2.50. The van der Waals surface area contributed by atoms with Crippen LogP contribution >= 0.6 is 0 Å². The number of nitrogens with two attached hydrogens (primary N) is 1. The Labute approximate surface area is 126 Å². The molecule has 21 heavy (non-hydrogen) atoms. The molecule has 1 atom stereocenters. The maximum atomic E-state index is 6.08. The molecular weight excluding hydrogens is 262 g/mol. The lowest BCUT2D eigenvalue weighted by Crippen LogP contribution is -2.12. The summed E-state index contributed by atoms with van der Waals surface area (Å²) in [5.74, 6) is 1.21. The molecule has 1 aromatic heterocycles. The maximum Gasteiger partial charge on any atom is 0.160 e. The van der Waals surface area contributed by atoms with Crippen molar-refractivity contribution >= 4 is 5.82 Å². The van der Waals surface area contributed by atoms with Crippen molar-refractivity contribution in [1.82, 2.24) is 9.97 Å². The fraction of sp³-hybridized carbons (Fsp3) is 0.412. The minimum atomic E-state index is -0.0923. The van der Waals surface area contributed by atoms with Gasteiger partial charge in [0, 0.05) is 17.7 Å². The monoisotopic (exact) mass is 285 g/mol. The van der Waals surface area contributed by atoms with E-state index in [0.717, 1.165) is 29.7 Å². The first kappa shape index (κ1) is 15.4. The molecule has 0 saturated carbocycles. The van der Waals surface area contributed by atoms with E-state index in [0.29, 0.717) is 18.2 Å². The van der Waals surface area contributed by atoms with E-state index in [1.807, 2.05) is 44.2 Å². The largest absolute Gasteiger partial charge is 0.383 e. The van der Waals surface area contributed by atoms with Gasteiger partial charge < -0.3 is 10.5 Å². The van der Waals surface area contributed by atoms with Gasteiger partial charge in [0.05, 0.1) is 5.69 Å². The van der Waals surface area contributed by atoms with E-state index >= 15 is 0 Å². The zero-order valence-electron chi connectivity index (χ0n) is 13.0. The zero-order valence-corrected chi connectivity index (χ0v) is 13.0. The van der Waals surface area contributed by atoms with Gasteiger partial charge in [0.1, 0.15) is 11.9 Å². The van der Waals surface area contributed by atoms with Gasteiger partial charge in [0.2, 0.25) is 0 Å². The van der Waals surface area contributed by atoms with Crippen LogP contribution in [0.3, 0.4) is 0 Å². The molecule has 0 fully saturated rings. The van der Waals surface area contributed by atoms with Crippen molar-refractivity contribution in [2.75, 3.05) is 12.3 Å². The third-order valence-corrected chi connectivity index (χ3v) is 3.45. The molecule has 0 saturated heterocycles. The summed E-state index contributed by atoms with van der Waals surface area (Å²) in [4.78, 5) is 9.16. The number of nitrogen functional groups attached to an aromatic ring is 1. The Morgan fingerprint density at radius 3 is 2.48 bits per heavy atom. The number of benzene rings is 1. The SMILES string of the molecule is CCCC(OCC)c1nc(N)c(C)c(-c2ccccc2)n1. The van der Waals surface area contributed by atoms with Crippen LogP contribution in [0.2, 0.25) is 0 Å². The number of rotatable bonds is 6. The van der Waals surface area contributed by atoms with E-state index < -0.39 is 0 Å². The molecule has 0 aliphatic carbocycles. The molecule has 1 unspecified atom stereocenters. The second-order valence-electron chi connectivity index (χ2n) is 5.04. The standard InChI is InChI=1S/C17H23N3O/c1-4-9-14(21-5-2)17-19-15(12(3)16(18)20-17)13-10-7-6-8-11-13/h6-8,10-11,14H,4-5,9H2,1-3H3,(H2,18,19,20). The van der Waals surface area contributed by atoms with E-state index in [2.05, 4.69) is 11.9 Å². The van der Waals surface area contributed by atoms with Gasteiger partial charge >= 0.3 is 0 Å². The molecule has 1 heterocycles. The summed E-state index contributed by atoms with van der Waals surface area (Å²) in [5.41, 5.74) is 8.94. The molecule has 0 spiro atoms. The molecule has 0 aliphatic heterocycles. The van der Waals surface area contributed by atoms with Crippen LogP contribution in [-0.4, -0.2) is 16.6 Å². The Morgan fingerprint density at radius 1 is 1.14 bits per heavy atom. The zero-order chi connectivity index (χ0) is 15.2. The molecule has 0 aliphatic rings. The van der Waals surface area contributed by atoms with Crippen molar-refractivity contribution in [2.45, 2.75) is 39.7 Å². The van der Waals surface area contributed by atoms with Crippen molar-refractivity contribution in [1.29, 1.82) is 0 Å². The minimum Gasteiger partial charge on any atom is -0.383 e. The van der Waals surface area contributed by atoms with E-state index in [-0.39, 0.29) is 6.10 Å². The van der Waals surface area contributed by atoms with Crippen molar-refractivity contribution in [3.63, 3.8) is 0 Å². The molecule has 1 aromatic carbocycles. The highest BCUT2D eigenvalue weighted by molar-refractivity contribution is 5.67. The lowest BCUT2D eigenvalue weighted by Gasteiger charge is -2.17. The second kappa shape index (κ2) is 7.18. The minimum absolute atomic E-state index is 0.0923. The summed E-state index contributed by atoms with van der Waals surface area (Å²) in [5, 5.41) is 0. The number of anilines is 1. The number of ether oxygens (including phenoxy) is 1. The Hall–Kier alpha value is -1.94. The fourth-order valence-electron chi connectivity index (χ4n) is 2.32. The number of hydrogen-bond donors (Lipinski definition) is 1. The lowest BCUT2D eigenvalue weighted by atomic mass is 10.1. The summed E-state index contributed by atoms with van der Waals surface area (Å²) in [6.07, 6.45) is 1.82. The molecule has 4 nitrogen and oxygen atoms in total. The van der Waals surface area contributed by atoms with Crippen LogP contribution in [0.15, 0.2) is 30.3 Å². The van der Waals surface area contributed by atoms with Crippen molar-refractivity contribution in [2.24, 2.45) is 0 Å². The second-order valence-corrected chi connectivity index (χ2v) is 5.04. The molecular formula is C17H23N3O. The Morgan fingerprint density at radius 2 is 1.86 bits per heavy atom. The first-order valence-corrected chi connectivity index (χ1v) is 7.48. The van der Waals surface area contributed by atoms with Gasteiger partial charge in [-0.1, -0.05) is 43.7 Å². The van der Waals surface area contributed by atoms with Crippen LogP contribution in [0.25, 0.3) is 11.3 Å². The Kier molecular flexibility index (Phi) is 5.28. The molecule has 2 N–H and O–H groups in total. The molecule has 4 heteroatoms. The highest BCUT2D eigenvalue weighted by Gasteiger charge is 2.18. The van der Waals surface area contributed by atoms with Crippen LogP contribution in [0.1, 0.15) is 44.2 Å². The summed E-state index contributed by atoms with van der Waals surface area (Å²) in [6.45, 7) is 6.71. The molecule has 0 bridgehead atoms. The Bertz CT molecular complexity index is 578. The van der Waals surface area contributed by atoms with Crippen LogP contribution in [-0.2, 0) is 4.74 Å². The van der Waals surface area contributed by atoms with E-state index in [1.165, 1.54) is 0 Å². The van der Waals surface area contributed by atoms with Crippen LogP contribution in [0.4, 0.5) is 5.82 Å². The summed E-state index contributed by atoms with van der Waals surface area (Å²) in [6, 6.07) is 10.1. The number of aromatic nitrogens is 2. The topological polar surface area (TPSA) is 61.0 Å². The quantitative estimate of drug-likeness (QED) is 0.874. The third kappa shape index (κ3) is 3.58. The highest BCUT2D eigenvalue weighted by atomic mass is 16.5. The first-order valence-electron chi connectivity index (χ1n) is 7.48. The smallest absolute Gasteiger partial charge is 0.160 e. The highest BCUT2D eigenvalue weighted by Crippen LogP contribution is 2.28. The van der Waals surface area contributed by atoms with Gasteiger partial charge in [-0.15, -0.1) is 0 Å². The third-order valence-electron chi connectivity index (χ3n) is 3.45. The van der Waals surface area contributed by atoms with Gasteiger partial charge in [0.25, 0.3) is 0 Å². The summed E-state index contributed by atoms with van der Waals surface area (Å²) in [7, 11) is 0. The van der Waals surface area contributed by atoms with Gasteiger partial charge in [-0.25, -0.2) is 9.97 Å². The predicted octanol–water partition coefficient (Wildman–Crippen LogP) is 3.91. The van der Waals surface area contributed by atoms with Crippen molar-refractivity contribution in [3.8, 4) is 11.3 Å². The van der Waals surface area contributed by atoms with E-state index in [4.69, 9.17) is 15.5 Å². The van der Waals surface area contributed by atoms with E-state index in [1.54, 1.807) is 0 Å². The molecule has 0 radical (unpaired) electrons. The number of hydrogen-bond acceptors (Lipinski definition) is 4. The summed E-state index contributed by atoms with van der Waals surface area (Å²) >= 11 is 0. The van der Waals surface area contributed by atoms with Gasteiger partial charge in [-0.2, -0.15) is 0 Å². The van der Waals surface area contributed by atoms with Gasteiger partial charge in [-0.3, -0.25) is 0 Å². The summed E-state index contributed by atoms with van der Waals surface area (Å²) < 4.78 is 5.77. The predicted molar refractivity (Wildman–Crippen MR) is 85.9 cm³/mol. The van der Waals surface area contributed by atoms with Gasteiger partial charge in [0.15, 0.2) is 5.82 Å². The lowest BCUT2D eigenvalue weighted by molar-refractivity contribution is 0.0495. The number of nitrogens with zero attached hydrogens (tertiary/aromatic N) is 2. The van der Waals surface area contributed by atoms with E-state index in [9.17, 15) is 0 Å².